The molecule has 0 unspecified atom stereocenters. The summed E-state index contributed by atoms with van der Waals surface area (Å²) in [7, 11) is -1.44. The van der Waals surface area contributed by atoms with Crippen LogP contribution in [-0.2, 0) is 0 Å². The Hall–Kier alpha value is -2.62. The zero-order valence-electron chi connectivity index (χ0n) is 12.5. The fourth-order valence-electron chi connectivity index (χ4n) is 2.97. The normalized spacial score (nSPS) is 11.0. The van der Waals surface area contributed by atoms with E-state index in [0.717, 1.165) is 21.9 Å². The smallest absolute Gasteiger partial charge is 0.423 e. The minimum absolute atomic E-state index is 0.508. The van der Waals surface area contributed by atoms with Crippen LogP contribution in [0.4, 0.5) is 0 Å². The first-order valence-corrected chi connectivity index (χ1v) is 7.60. The summed E-state index contributed by atoms with van der Waals surface area (Å²) in [6.07, 6.45) is 0. The zero-order chi connectivity index (χ0) is 15.8. The molecule has 3 heteroatoms. The largest absolute Gasteiger partial charge is 0.488 e. The Morgan fingerprint density at radius 3 is 1.78 bits per heavy atom. The van der Waals surface area contributed by atoms with Gasteiger partial charge in [0.2, 0.25) is 0 Å². The average Bonchev–Trinajstić information content (AvgIpc) is 2.60. The molecule has 4 aromatic rings. The van der Waals surface area contributed by atoms with Gasteiger partial charge in [-0.05, 0) is 50.3 Å². The van der Waals surface area contributed by atoms with Crippen LogP contribution in [0.2, 0.25) is 0 Å². The summed E-state index contributed by atoms with van der Waals surface area (Å²) < 4.78 is 0. The molecular formula is C20H15BO2. The summed E-state index contributed by atoms with van der Waals surface area (Å²) in [5.74, 6) is 0. The lowest BCUT2D eigenvalue weighted by molar-refractivity contribution is 0.426. The van der Waals surface area contributed by atoms with Gasteiger partial charge in [0, 0.05) is 0 Å². The van der Waals surface area contributed by atoms with Crippen molar-refractivity contribution in [3.05, 3.63) is 78.9 Å². The lowest BCUT2D eigenvalue weighted by Gasteiger charge is -2.07. The minimum atomic E-state index is -1.44. The van der Waals surface area contributed by atoms with Gasteiger partial charge in [-0.25, -0.2) is 0 Å². The molecule has 0 aromatic heterocycles. The van der Waals surface area contributed by atoms with Crippen LogP contribution in [0.15, 0.2) is 78.9 Å². The van der Waals surface area contributed by atoms with Gasteiger partial charge in [-0.2, -0.15) is 0 Å². The third-order valence-electron chi connectivity index (χ3n) is 4.25. The van der Waals surface area contributed by atoms with E-state index in [1.54, 1.807) is 6.07 Å². The maximum Gasteiger partial charge on any atom is 0.488 e. The highest BCUT2D eigenvalue weighted by molar-refractivity contribution is 6.58. The van der Waals surface area contributed by atoms with E-state index in [9.17, 15) is 10.0 Å². The molecule has 0 bridgehead atoms. The molecule has 0 heterocycles. The highest BCUT2D eigenvalue weighted by Gasteiger charge is 2.11. The second kappa shape index (κ2) is 5.54. The van der Waals surface area contributed by atoms with Crippen molar-refractivity contribution in [3.8, 4) is 11.1 Å². The minimum Gasteiger partial charge on any atom is -0.423 e. The molecule has 4 aromatic carbocycles. The van der Waals surface area contributed by atoms with Crippen molar-refractivity contribution in [2.24, 2.45) is 0 Å². The van der Waals surface area contributed by atoms with Crippen LogP contribution in [0.5, 0.6) is 0 Å². The summed E-state index contributed by atoms with van der Waals surface area (Å²) in [4.78, 5) is 0. The summed E-state index contributed by atoms with van der Waals surface area (Å²) in [6.45, 7) is 0. The standard InChI is InChI=1S/C20H15BO2/c22-21(23)20-10-9-15-6-8-18(12-19(15)13-20)17-7-5-14-3-1-2-4-16(14)11-17/h1-13,22-23H. The average molecular weight is 298 g/mol. The number of rotatable bonds is 2. The van der Waals surface area contributed by atoms with Gasteiger partial charge in [-0.1, -0.05) is 66.7 Å². The first-order valence-electron chi connectivity index (χ1n) is 7.60. The zero-order valence-corrected chi connectivity index (χ0v) is 12.5. The Kier molecular flexibility index (Phi) is 3.38. The van der Waals surface area contributed by atoms with Crippen LogP contribution in [0.25, 0.3) is 32.7 Å². The molecular weight excluding hydrogens is 283 g/mol. The van der Waals surface area contributed by atoms with E-state index in [1.807, 2.05) is 24.3 Å². The molecule has 0 aliphatic heterocycles. The molecule has 0 fully saturated rings. The van der Waals surface area contributed by atoms with E-state index in [-0.39, 0.29) is 0 Å². The molecule has 4 rings (SSSR count). The molecule has 0 saturated carbocycles. The van der Waals surface area contributed by atoms with Crippen LogP contribution in [0, 0.1) is 0 Å². The Morgan fingerprint density at radius 2 is 1.09 bits per heavy atom. The van der Waals surface area contributed by atoms with Crippen molar-refractivity contribution in [2.45, 2.75) is 0 Å². The Labute approximate surface area is 134 Å². The molecule has 0 amide bonds. The Balaban J connectivity index is 1.86. The van der Waals surface area contributed by atoms with Crippen LogP contribution >= 0.6 is 0 Å². The molecule has 110 valence electrons. The summed E-state index contributed by atoms with van der Waals surface area (Å²) in [6, 6.07) is 26.5. The highest BCUT2D eigenvalue weighted by atomic mass is 16.4. The van der Waals surface area contributed by atoms with Crippen molar-refractivity contribution in [1.29, 1.82) is 0 Å². The van der Waals surface area contributed by atoms with Crippen LogP contribution in [0.3, 0.4) is 0 Å². The van der Waals surface area contributed by atoms with Gasteiger partial charge in [0.15, 0.2) is 0 Å². The maximum absolute atomic E-state index is 9.34. The van der Waals surface area contributed by atoms with Gasteiger partial charge < -0.3 is 10.0 Å². The SMILES string of the molecule is OB(O)c1ccc2ccc(-c3ccc4ccccc4c3)cc2c1. The molecule has 0 aliphatic rings. The number of hydrogen-bond donors (Lipinski definition) is 2. The molecule has 0 atom stereocenters. The van der Waals surface area contributed by atoms with Crippen LogP contribution < -0.4 is 5.46 Å². The predicted octanol–water partition coefficient (Wildman–Crippen LogP) is 3.34. The number of hydrogen-bond acceptors (Lipinski definition) is 2. The molecule has 0 spiro atoms. The Bertz CT molecular complexity index is 1010. The van der Waals surface area contributed by atoms with Crippen molar-refractivity contribution < 1.29 is 10.0 Å². The molecule has 0 aliphatic carbocycles. The van der Waals surface area contributed by atoms with Crippen molar-refractivity contribution in [1.82, 2.24) is 0 Å². The monoisotopic (exact) mass is 298 g/mol. The van der Waals surface area contributed by atoms with Gasteiger partial charge in [-0.15, -0.1) is 0 Å². The van der Waals surface area contributed by atoms with Crippen molar-refractivity contribution in [3.63, 3.8) is 0 Å². The van der Waals surface area contributed by atoms with Gasteiger partial charge in [-0.3, -0.25) is 0 Å². The lowest BCUT2D eigenvalue weighted by Crippen LogP contribution is -2.29. The van der Waals surface area contributed by atoms with Gasteiger partial charge >= 0.3 is 7.12 Å². The maximum atomic E-state index is 9.34. The summed E-state index contributed by atoms with van der Waals surface area (Å²) >= 11 is 0. The van der Waals surface area contributed by atoms with Crippen molar-refractivity contribution >= 4 is 34.1 Å². The first-order chi connectivity index (χ1) is 11.2. The molecule has 23 heavy (non-hydrogen) atoms. The third kappa shape index (κ3) is 2.61. The fourth-order valence-corrected chi connectivity index (χ4v) is 2.97. The van der Waals surface area contributed by atoms with E-state index >= 15 is 0 Å². The lowest BCUT2D eigenvalue weighted by atomic mass is 9.79. The third-order valence-corrected chi connectivity index (χ3v) is 4.25. The van der Waals surface area contributed by atoms with Crippen LogP contribution in [-0.4, -0.2) is 17.2 Å². The second-order valence-electron chi connectivity index (χ2n) is 5.76. The topological polar surface area (TPSA) is 40.5 Å². The fraction of sp³-hybridized carbons (Fsp3) is 0. The predicted molar refractivity (Wildman–Crippen MR) is 96.7 cm³/mol. The molecule has 2 N–H and O–H groups in total. The van der Waals surface area contributed by atoms with E-state index in [4.69, 9.17) is 0 Å². The summed E-state index contributed by atoms with van der Waals surface area (Å²) in [5.41, 5.74) is 2.78. The van der Waals surface area contributed by atoms with Gasteiger partial charge in [0.25, 0.3) is 0 Å². The highest BCUT2D eigenvalue weighted by Crippen LogP contribution is 2.27. The first kappa shape index (κ1) is 14.0. The van der Waals surface area contributed by atoms with Gasteiger partial charge in [0.05, 0.1) is 0 Å². The van der Waals surface area contributed by atoms with E-state index < -0.39 is 7.12 Å². The number of fused-ring (bicyclic) bond motifs is 2. The quantitative estimate of drug-likeness (QED) is 0.557. The molecule has 0 radical (unpaired) electrons. The molecule has 0 saturated heterocycles. The van der Waals surface area contributed by atoms with E-state index in [0.29, 0.717) is 5.46 Å². The van der Waals surface area contributed by atoms with Gasteiger partial charge in [0.1, 0.15) is 0 Å². The second-order valence-corrected chi connectivity index (χ2v) is 5.76. The summed E-state index contributed by atoms with van der Waals surface area (Å²) in [5, 5.41) is 23.2. The van der Waals surface area contributed by atoms with E-state index in [1.165, 1.54) is 10.8 Å². The number of benzene rings is 4. The Morgan fingerprint density at radius 1 is 0.522 bits per heavy atom. The van der Waals surface area contributed by atoms with Crippen molar-refractivity contribution in [2.75, 3.05) is 0 Å². The van der Waals surface area contributed by atoms with Crippen LogP contribution in [0.1, 0.15) is 0 Å². The van der Waals surface area contributed by atoms with E-state index in [2.05, 4.69) is 48.5 Å². The molecule has 2 nitrogen and oxygen atoms in total.